The summed E-state index contributed by atoms with van der Waals surface area (Å²) in [6, 6.07) is 0. The highest BCUT2D eigenvalue weighted by molar-refractivity contribution is 6.01. The lowest BCUT2D eigenvalue weighted by molar-refractivity contribution is 0.0449. The van der Waals surface area contributed by atoms with Gasteiger partial charge in [-0.2, -0.15) is 0 Å². The molecule has 0 bridgehead atoms. The number of esters is 2. The lowest BCUT2D eigenvalue weighted by Crippen LogP contribution is -2.31. The molecule has 0 unspecified atom stereocenters. The minimum absolute atomic E-state index is 0.0347. The molecule has 2 rings (SSSR count). The van der Waals surface area contributed by atoms with E-state index in [2.05, 4.69) is 0 Å². The van der Waals surface area contributed by atoms with E-state index in [1.807, 2.05) is 12.2 Å². The fourth-order valence-electron chi connectivity index (χ4n) is 3.01. The van der Waals surface area contributed by atoms with Gasteiger partial charge >= 0.3 is 18.0 Å². The van der Waals surface area contributed by atoms with E-state index < -0.39 is 23.6 Å². The predicted molar refractivity (Wildman–Crippen MR) is 94.5 cm³/mol. The van der Waals surface area contributed by atoms with Crippen molar-refractivity contribution in [3.8, 4) is 0 Å². The molecule has 0 atom stereocenters. The summed E-state index contributed by atoms with van der Waals surface area (Å²) < 4.78 is 16.2. The molecule has 1 aliphatic carbocycles. The maximum Gasteiger partial charge on any atom is 0.419 e. The molecule has 0 N–H and O–H groups in total. The van der Waals surface area contributed by atoms with Gasteiger partial charge in [-0.15, -0.1) is 0 Å². The topological polar surface area (TPSA) is 83.8 Å². The average molecular weight is 363 g/mol. The van der Waals surface area contributed by atoms with Gasteiger partial charge in [-0.1, -0.05) is 12.2 Å². The standard InChI is InChI=1S/C19H25NO6/c1-19(2,3)26-18(23)20-14(16(21)24-4)12-10-8-6-7-9-11-13(12)15(20)17(22)25-5/h6-7H,8-11H2,1-5H3/b7-6-. The monoisotopic (exact) mass is 363 g/mol. The van der Waals surface area contributed by atoms with Crippen LogP contribution < -0.4 is 0 Å². The molecule has 7 heteroatoms. The third-order valence-corrected chi connectivity index (χ3v) is 4.01. The first kappa shape index (κ1) is 19.8. The fourth-order valence-corrected chi connectivity index (χ4v) is 3.01. The molecule has 0 amide bonds. The van der Waals surface area contributed by atoms with Crippen LogP contribution in [0.15, 0.2) is 12.2 Å². The van der Waals surface area contributed by atoms with Crippen molar-refractivity contribution < 1.29 is 28.6 Å². The van der Waals surface area contributed by atoms with Crippen LogP contribution in [-0.4, -0.2) is 42.4 Å². The highest BCUT2D eigenvalue weighted by atomic mass is 16.6. The number of nitrogens with zero attached hydrogens (tertiary/aromatic N) is 1. The molecule has 142 valence electrons. The Morgan fingerprint density at radius 2 is 1.31 bits per heavy atom. The van der Waals surface area contributed by atoms with E-state index in [-0.39, 0.29) is 11.4 Å². The molecule has 1 heterocycles. The van der Waals surface area contributed by atoms with Crippen LogP contribution >= 0.6 is 0 Å². The molecule has 26 heavy (non-hydrogen) atoms. The summed E-state index contributed by atoms with van der Waals surface area (Å²) >= 11 is 0. The van der Waals surface area contributed by atoms with Crippen LogP contribution in [0.4, 0.5) is 4.79 Å². The molecule has 0 saturated carbocycles. The van der Waals surface area contributed by atoms with Gasteiger partial charge in [0.25, 0.3) is 0 Å². The van der Waals surface area contributed by atoms with Crippen LogP contribution in [0.25, 0.3) is 0 Å². The minimum atomic E-state index is -0.807. The van der Waals surface area contributed by atoms with E-state index in [1.165, 1.54) is 14.2 Å². The van der Waals surface area contributed by atoms with Gasteiger partial charge < -0.3 is 14.2 Å². The number of methoxy groups -OCH3 is 2. The van der Waals surface area contributed by atoms with Gasteiger partial charge in [0, 0.05) is 0 Å². The van der Waals surface area contributed by atoms with E-state index in [4.69, 9.17) is 14.2 Å². The number of rotatable bonds is 2. The van der Waals surface area contributed by atoms with E-state index in [0.717, 1.165) is 4.57 Å². The van der Waals surface area contributed by atoms with Crippen molar-refractivity contribution >= 4 is 18.0 Å². The number of hydrogen-bond acceptors (Lipinski definition) is 6. The lowest BCUT2D eigenvalue weighted by atomic mass is 9.97. The predicted octanol–water partition coefficient (Wildman–Crippen LogP) is 3.28. The second-order valence-electron chi connectivity index (χ2n) is 7.00. The lowest BCUT2D eigenvalue weighted by Gasteiger charge is -2.21. The molecular weight excluding hydrogens is 338 g/mol. The molecule has 1 aromatic rings. The quantitative estimate of drug-likeness (QED) is 0.455. The number of carbonyl (C=O) groups excluding carboxylic acids is 3. The van der Waals surface area contributed by atoms with Crippen LogP contribution in [0.3, 0.4) is 0 Å². The van der Waals surface area contributed by atoms with Crippen molar-refractivity contribution in [2.24, 2.45) is 0 Å². The number of ether oxygens (including phenoxy) is 3. The molecule has 0 aromatic carbocycles. The van der Waals surface area contributed by atoms with Gasteiger partial charge in [0.2, 0.25) is 0 Å². The van der Waals surface area contributed by atoms with E-state index >= 15 is 0 Å². The first-order valence-corrected chi connectivity index (χ1v) is 8.52. The number of hydrogen-bond donors (Lipinski definition) is 0. The summed E-state index contributed by atoms with van der Waals surface area (Å²) in [6.07, 6.45) is 5.63. The van der Waals surface area contributed by atoms with Gasteiger partial charge in [0.05, 0.1) is 14.2 Å². The molecule has 0 spiro atoms. The summed E-state index contributed by atoms with van der Waals surface area (Å²) in [5, 5.41) is 0. The second kappa shape index (κ2) is 7.76. The Bertz CT molecular complexity index is 704. The van der Waals surface area contributed by atoms with Crippen molar-refractivity contribution in [3.05, 3.63) is 34.7 Å². The Kier molecular flexibility index (Phi) is 5.90. The first-order valence-electron chi connectivity index (χ1n) is 8.52. The smallest absolute Gasteiger partial charge is 0.419 e. The molecule has 0 saturated heterocycles. The van der Waals surface area contributed by atoms with Crippen molar-refractivity contribution in [2.45, 2.75) is 52.1 Å². The summed E-state index contributed by atoms with van der Waals surface area (Å²) in [4.78, 5) is 37.8. The molecule has 0 radical (unpaired) electrons. The summed E-state index contributed by atoms with van der Waals surface area (Å²) in [5.41, 5.74) is 0.539. The van der Waals surface area contributed by atoms with Crippen LogP contribution in [0.5, 0.6) is 0 Å². The summed E-state index contributed by atoms with van der Waals surface area (Å²) in [6.45, 7) is 5.14. The number of aromatic nitrogens is 1. The maximum atomic E-state index is 12.8. The van der Waals surface area contributed by atoms with Gasteiger partial charge in [0.15, 0.2) is 0 Å². The largest absolute Gasteiger partial charge is 0.464 e. The van der Waals surface area contributed by atoms with Crippen LogP contribution in [-0.2, 0) is 27.1 Å². The highest BCUT2D eigenvalue weighted by Crippen LogP contribution is 2.30. The Labute approximate surface area is 152 Å². The second-order valence-corrected chi connectivity index (χ2v) is 7.00. The summed E-state index contributed by atoms with van der Waals surface area (Å²) in [7, 11) is 2.48. The number of fused-ring (bicyclic) bond motifs is 1. The Morgan fingerprint density at radius 1 is 0.885 bits per heavy atom. The van der Waals surface area contributed by atoms with Crippen LogP contribution in [0.2, 0.25) is 0 Å². The average Bonchev–Trinajstić information content (AvgIpc) is 2.85. The van der Waals surface area contributed by atoms with Crippen molar-refractivity contribution in [3.63, 3.8) is 0 Å². The molecule has 7 nitrogen and oxygen atoms in total. The minimum Gasteiger partial charge on any atom is -0.464 e. The summed E-state index contributed by atoms with van der Waals surface area (Å²) in [5.74, 6) is -1.38. The van der Waals surface area contributed by atoms with Crippen molar-refractivity contribution in [2.75, 3.05) is 14.2 Å². The zero-order chi connectivity index (χ0) is 19.5. The van der Waals surface area contributed by atoms with Crippen LogP contribution in [0, 0.1) is 0 Å². The van der Waals surface area contributed by atoms with Gasteiger partial charge in [-0.3, -0.25) is 0 Å². The van der Waals surface area contributed by atoms with Gasteiger partial charge in [-0.05, 0) is 57.6 Å². The Hall–Kier alpha value is -2.57. The molecular formula is C19H25NO6. The van der Waals surface area contributed by atoms with Gasteiger partial charge in [-0.25, -0.2) is 19.0 Å². The molecule has 1 aliphatic rings. The SMILES string of the molecule is COC(=O)c1c2c(c(C(=O)OC)n1C(=O)OC(C)(C)C)CC/C=C\CC2. The maximum absolute atomic E-state index is 12.8. The van der Waals surface area contributed by atoms with E-state index in [0.29, 0.717) is 36.8 Å². The zero-order valence-corrected chi connectivity index (χ0v) is 15.9. The highest BCUT2D eigenvalue weighted by Gasteiger charge is 2.35. The zero-order valence-electron chi connectivity index (χ0n) is 15.9. The third-order valence-electron chi connectivity index (χ3n) is 4.01. The molecule has 1 aromatic heterocycles. The molecule has 0 aliphatic heterocycles. The Balaban J connectivity index is 2.76. The normalized spacial score (nSPS) is 15.3. The number of allylic oxidation sites excluding steroid dienone is 2. The Morgan fingerprint density at radius 3 is 1.65 bits per heavy atom. The van der Waals surface area contributed by atoms with E-state index in [1.54, 1.807) is 20.8 Å². The van der Waals surface area contributed by atoms with E-state index in [9.17, 15) is 14.4 Å². The first-order chi connectivity index (χ1) is 12.2. The van der Waals surface area contributed by atoms with Crippen LogP contribution in [0.1, 0.15) is 65.7 Å². The van der Waals surface area contributed by atoms with Gasteiger partial charge in [0.1, 0.15) is 17.0 Å². The molecule has 0 fully saturated rings. The fraction of sp³-hybridized carbons (Fsp3) is 0.526. The van der Waals surface area contributed by atoms with Crippen molar-refractivity contribution in [1.29, 1.82) is 0 Å². The third kappa shape index (κ3) is 3.98. The number of carbonyl (C=O) groups is 3. The van der Waals surface area contributed by atoms with Crippen molar-refractivity contribution in [1.82, 2.24) is 4.57 Å².